The van der Waals surface area contributed by atoms with Gasteiger partial charge in [-0.15, -0.1) is 0 Å². The van der Waals surface area contributed by atoms with Gasteiger partial charge in [0.2, 0.25) is 5.91 Å². The standard InChI is InChI=1S/C23H35N3O2/c1-3-4-15-25(2)16-10-17-26-21(19-13-8-9-14-20(19)23(26)28)22(27)24-18-11-6-5-7-12-18/h8-9,13-14,18,21H,3-7,10-12,15-17H2,1-2H3,(H,24,27)/t21-/m1/s1. The summed E-state index contributed by atoms with van der Waals surface area (Å²) in [5.74, 6) is -0.0138. The largest absolute Gasteiger partial charge is 0.351 e. The lowest BCUT2D eigenvalue weighted by atomic mass is 9.95. The number of nitrogens with one attached hydrogen (secondary N) is 1. The molecule has 28 heavy (non-hydrogen) atoms. The van der Waals surface area contributed by atoms with E-state index in [0.29, 0.717) is 12.1 Å². The minimum atomic E-state index is -0.480. The van der Waals surface area contributed by atoms with Gasteiger partial charge in [0.05, 0.1) is 0 Å². The van der Waals surface area contributed by atoms with Crippen LogP contribution in [0.4, 0.5) is 0 Å². The smallest absolute Gasteiger partial charge is 0.255 e. The van der Waals surface area contributed by atoms with Gasteiger partial charge in [0.25, 0.3) is 5.91 Å². The molecule has 3 rings (SSSR count). The first-order valence-electron chi connectivity index (χ1n) is 11.0. The fourth-order valence-corrected chi connectivity index (χ4v) is 4.46. The molecule has 1 aromatic carbocycles. The Bertz CT molecular complexity index is 670. The van der Waals surface area contributed by atoms with E-state index in [0.717, 1.165) is 37.9 Å². The van der Waals surface area contributed by atoms with Gasteiger partial charge < -0.3 is 15.1 Å². The summed E-state index contributed by atoms with van der Waals surface area (Å²) in [5.41, 5.74) is 1.55. The van der Waals surface area contributed by atoms with E-state index in [1.807, 2.05) is 24.3 Å². The highest BCUT2D eigenvalue weighted by atomic mass is 16.2. The third-order valence-corrected chi connectivity index (χ3v) is 6.09. The average molecular weight is 386 g/mol. The zero-order valence-corrected chi connectivity index (χ0v) is 17.5. The molecule has 2 amide bonds. The van der Waals surface area contributed by atoms with Crippen molar-refractivity contribution in [1.29, 1.82) is 0 Å². The SMILES string of the molecule is CCCCN(C)CCCN1C(=O)c2ccccc2[C@@H]1C(=O)NC1CCCCC1. The van der Waals surface area contributed by atoms with Crippen LogP contribution in [-0.2, 0) is 4.79 Å². The molecule has 1 N–H and O–H groups in total. The maximum absolute atomic E-state index is 13.2. The molecule has 0 radical (unpaired) electrons. The molecule has 1 aliphatic heterocycles. The molecule has 1 heterocycles. The Balaban J connectivity index is 1.66. The number of rotatable bonds is 9. The lowest BCUT2D eigenvalue weighted by Gasteiger charge is -2.29. The highest BCUT2D eigenvalue weighted by Gasteiger charge is 2.41. The van der Waals surface area contributed by atoms with Crippen LogP contribution in [0.2, 0.25) is 0 Å². The van der Waals surface area contributed by atoms with Crippen molar-refractivity contribution in [3.8, 4) is 0 Å². The van der Waals surface area contributed by atoms with E-state index in [2.05, 4.69) is 24.2 Å². The van der Waals surface area contributed by atoms with Gasteiger partial charge in [-0.05, 0) is 57.5 Å². The summed E-state index contributed by atoms with van der Waals surface area (Å²) >= 11 is 0. The summed E-state index contributed by atoms with van der Waals surface area (Å²) < 4.78 is 0. The van der Waals surface area contributed by atoms with Gasteiger partial charge in [0.1, 0.15) is 6.04 Å². The first-order chi connectivity index (χ1) is 13.6. The Morgan fingerprint density at radius 2 is 1.86 bits per heavy atom. The second-order valence-electron chi connectivity index (χ2n) is 8.34. The summed E-state index contributed by atoms with van der Waals surface area (Å²) in [6.07, 6.45) is 8.98. The van der Waals surface area contributed by atoms with Crippen LogP contribution in [0.5, 0.6) is 0 Å². The molecule has 1 fully saturated rings. The van der Waals surface area contributed by atoms with E-state index in [1.165, 1.54) is 32.1 Å². The van der Waals surface area contributed by atoms with E-state index >= 15 is 0 Å². The third kappa shape index (κ3) is 4.93. The topological polar surface area (TPSA) is 52.7 Å². The summed E-state index contributed by atoms with van der Waals surface area (Å²) in [6.45, 7) is 4.84. The maximum atomic E-state index is 13.2. The summed E-state index contributed by atoms with van der Waals surface area (Å²) in [7, 11) is 2.13. The van der Waals surface area contributed by atoms with Crippen LogP contribution < -0.4 is 5.32 Å². The third-order valence-electron chi connectivity index (χ3n) is 6.09. The van der Waals surface area contributed by atoms with Crippen LogP contribution in [0.1, 0.15) is 80.3 Å². The van der Waals surface area contributed by atoms with Crippen molar-refractivity contribution in [2.75, 3.05) is 26.7 Å². The van der Waals surface area contributed by atoms with E-state index < -0.39 is 6.04 Å². The van der Waals surface area contributed by atoms with Crippen molar-refractivity contribution in [1.82, 2.24) is 15.1 Å². The molecular weight excluding hydrogens is 350 g/mol. The van der Waals surface area contributed by atoms with Gasteiger partial charge in [-0.2, -0.15) is 0 Å². The van der Waals surface area contributed by atoms with Crippen molar-refractivity contribution in [3.63, 3.8) is 0 Å². The molecule has 2 aliphatic rings. The molecule has 0 saturated heterocycles. The summed E-state index contributed by atoms with van der Waals surface area (Å²) in [4.78, 5) is 30.2. The van der Waals surface area contributed by atoms with Crippen molar-refractivity contribution >= 4 is 11.8 Å². The molecule has 0 spiro atoms. The molecule has 1 aliphatic carbocycles. The first-order valence-corrected chi connectivity index (χ1v) is 11.0. The Morgan fingerprint density at radius 1 is 1.14 bits per heavy atom. The number of benzene rings is 1. The van der Waals surface area contributed by atoms with Gasteiger partial charge in [0.15, 0.2) is 0 Å². The van der Waals surface area contributed by atoms with Crippen molar-refractivity contribution < 1.29 is 9.59 Å². The number of carbonyl (C=O) groups excluding carboxylic acids is 2. The van der Waals surface area contributed by atoms with Gasteiger partial charge in [-0.25, -0.2) is 0 Å². The molecule has 5 nitrogen and oxygen atoms in total. The van der Waals surface area contributed by atoms with E-state index in [9.17, 15) is 9.59 Å². The minimum absolute atomic E-state index is 0.00407. The molecule has 1 aromatic rings. The van der Waals surface area contributed by atoms with Crippen molar-refractivity contribution in [2.24, 2.45) is 0 Å². The maximum Gasteiger partial charge on any atom is 0.255 e. The molecule has 1 saturated carbocycles. The normalized spacial score (nSPS) is 19.9. The second kappa shape index (κ2) is 10.1. The molecule has 0 bridgehead atoms. The minimum Gasteiger partial charge on any atom is -0.351 e. The van der Waals surface area contributed by atoms with E-state index in [-0.39, 0.29) is 17.9 Å². The number of nitrogens with zero attached hydrogens (tertiary/aromatic N) is 2. The number of hydrogen-bond acceptors (Lipinski definition) is 3. The monoisotopic (exact) mass is 385 g/mol. The predicted octanol–water partition coefficient (Wildman–Crippen LogP) is 3.75. The highest BCUT2D eigenvalue weighted by Crippen LogP contribution is 2.34. The Hall–Kier alpha value is -1.88. The highest BCUT2D eigenvalue weighted by molar-refractivity contribution is 6.04. The first kappa shape index (κ1) is 20.8. The molecule has 5 heteroatoms. The van der Waals surface area contributed by atoms with Crippen LogP contribution in [0.3, 0.4) is 0 Å². The average Bonchev–Trinajstić information content (AvgIpc) is 2.99. The zero-order chi connectivity index (χ0) is 19.9. The lowest BCUT2D eigenvalue weighted by Crippen LogP contribution is -2.44. The second-order valence-corrected chi connectivity index (χ2v) is 8.34. The van der Waals surface area contributed by atoms with Crippen molar-refractivity contribution in [2.45, 2.75) is 70.4 Å². The summed E-state index contributed by atoms with van der Waals surface area (Å²) in [5, 5.41) is 3.24. The summed E-state index contributed by atoms with van der Waals surface area (Å²) in [6, 6.07) is 7.37. The van der Waals surface area contributed by atoms with E-state index in [1.54, 1.807) is 4.90 Å². The van der Waals surface area contributed by atoms with Crippen LogP contribution in [0, 0.1) is 0 Å². The number of hydrogen-bond donors (Lipinski definition) is 1. The molecule has 154 valence electrons. The fourth-order valence-electron chi connectivity index (χ4n) is 4.46. The number of unbranched alkanes of at least 4 members (excludes halogenated alkanes) is 1. The Morgan fingerprint density at radius 3 is 2.61 bits per heavy atom. The van der Waals surface area contributed by atoms with Gasteiger partial charge in [-0.3, -0.25) is 9.59 Å². The van der Waals surface area contributed by atoms with E-state index in [4.69, 9.17) is 0 Å². The van der Waals surface area contributed by atoms with Gasteiger partial charge >= 0.3 is 0 Å². The quantitative estimate of drug-likeness (QED) is 0.704. The fraction of sp³-hybridized carbons (Fsp3) is 0.652. The van der Waals surface area contributed by atoms with Crippen LogP contribution in [0.25, 0.3) is 0 Å². The Labute approximate surface area is 169 Å². The number of amides is 2. The lowest BCUT2D eigenvalue weighted by molar-refractivity contribution is -0.126. The zero-order valence-electron chi connectivity index (χ0n) is 17.5. The molecule has 0 aromatic heterocycles. The number of carbonyl (C=O) groups is 2. The van der Waals surface area contributed by atoms with Gasteiger partial charge in [0, 0.05) is 18.2 Å². The molecule has 0 unspecified atom stereocenters. The number of fused-ring (bicyclic) bond motifs is 1. The molecule has 1 atom stereocenters. The van der Waals surface area contributed by atoms with Crippen molar-refractivity contribution in [3.05, 3.63) is 35.4 Å². The Kier molecular flexibility index (Phi) is 7.49. The molecular formula is C23H35N3O2. The van der Waals surface area contributed by atoms with Crippen LogP contribution >= 0.6 is 0 Å². The van der Waals surface area contributed by atoms with Crippen LogP contribution in [-0.4, -0.2) is 54.3 Å². The van der Waals surface area contributed by atoms with Gasteiger partial charge in [-0.1, -0.05) is 50.8 Å². The predicted molar refractivity (Wildman–Crippen MR) is 112 cm³/mol. The van der Waals surface area contributed by atoms with Crippen LogP contribution in [0.15, 0.2) is 24.3 Å².